The maximum atomic E-state index is 12.0. The van der Waals surface area contributed by atoms with Crippen LogP contribution in [0.15, 0.2) is 12.3 Å². The highest BCUT2D eigenvalue weighted by Crippen LogP contribution is 2.25. The molecule has 2 amide bonds. The molecule has 118 valence electrons. The fourth-order valence-corrected chi connectivity index (χ4v) is 3.34. The molecule has 3 N–H and O–H groups in total. The minimum atomic E-state index is -0.731. The van der Waals surface area contributed by atoms with Gasteiger partial charge in [-0.2, -0.15) is 0 Å². The number of nitrogens with one attached hydrogen (secondary N) is 2. The molecule has 0 unspecified atom stereocenters. The van der Waals surface area contributed by atoms with Crippen molar-refractivity contribution in [2.45, 2.75) is 51.0 Å². The van der Waals surface area contributed by atoms with Crippen molar-refractivity contribution >= 4 is 17.8 Å². The lowest BCUT2D eigenvalue weighted by atomic mass is 9.86. The first kappa shape index (κ1) is 14.8. The van der Waals surface area contributed by atoms with Gasteiger partial charge in [-0.3, -0.25) is 10.1 Å². The Morgan fingerprint density at radius 3 is 2.59 bits per heavy atom. The Hall–Kier alpha value is -2.11. The number of pyridine rings is 1. The van der Waals surface area contributed by atoms with Crippen LogP contribution in [0.5, 0.6) is 0 Å². The van der Waals surface area contributed by atoms with Gasteiger partial charge in [-0.1, -0.05) is 0 Å². The summed E-state index contributed by atoms with van der Waals surface area (Å²) in [6, 6.07) is 1.73. The van der Waals surface area contributed by atoms with Gasteiger partial charge in [-0.25, -0.2) is 9.78 Å². The lowest BCUT2D eigenvalue weighted by Crippen LogP contribution is -2.41. The van der Waals surface area contributed by atoms with Crippen molar-refractivity contribution in [2.24, 2.45) is 5.92 Å². The van der Waals surface area contributed by atoms with Crippen LogP contribution < -0.4 is 10.6 Å². The van der Waals surface area contributed by atoms with Gasteiger partial charge in [0.25, 0.3) is 0 Å². The molecular weight excluding hydrogens is 282 g/mol. The number of aliphatic carboxylic acids is 1. The lowest BCUT2D eigenvalue weighted by Gasteiger charge is -2.26. The Bertz CT molecular complexity index is 580. The van der Waals surface area contributed by atoms with E-state index in [0.717, 1.165) is 19.3 Å². The van der Waals surface area contributed by atoms with Crippen LogP contribution in [0.2, 0.25) is 0 Å². The number of aryl methyl sites for hydroxylation is 2. The lowest BCUT2D eigenvalue weighted by molar-refractivity contribution is -0.142. The van der Waals surface area contributed by atoms with Gasteiger partial charge in [0.05, 0.1) is 5.92 Å². The number of urea groups is 1. The molecule has 1 heterocycles. The van der Waals surface area contributed by atoms with Crippen LogP contribution in [-0.2, 0) is 17.6 Å². The Labute approximate surface area is 129 Å². The fourth-order valence-electron chi connectivity index (χ4n) is 3.34. The van der Waals surface area contributed by atoms with Gasteiger partial charge in [0, 0.05) is 12.2 Å². The van der Waals surface area contributed by atoms with E-state index in [1.807, 2.05) is 12.3 Å². The molecule has 3 rings (SSSR count). The standard InChI is InChI=1S/C16H21N3O3/c20-15(21)10-4-6-13(7-5-10)18-16(22)19-14-8-11-2-1-3-12(11)9-17-14/h8-10,13H,1-7H2,(H,20,21)(H2,17,18,19,22). The quantitative estimate of drug-likeness (QED) is 0.799. The molecule has 1 saturated carbocycles. The van der Waals surface area contributed by atoms with Crippen molar-refractivity contribution in [1.82, 2.24) is 10.3 Å². The molecule has 0 atom stereocenters. The third kappa shape index (κ3) is 3.37. The van der Waals surface area contributed by atoms with E-state index in [4.69, 9.17) is 5.11 Å². The van der Waals surface area contributed by atoms with Crippen LogP contribution in [0.1, 0.15) is 43.2 Å². The van der Waals surface area contributed by atoms with E-state index in [2.05, 4.69) is 15.6 Å². The second-order valence-corrected chi connectivity index (χ2v) is 6.18. The number of carboxylic acids is 1. The van der Waals surface area contributed by atoms with Crippen molar-refractivity contribution in [3.8, 4) is 0 Å². The summed E-state index contributed by atoms with van der Waals surface area (Å²) in [4.78, 5) is 27.2. The smallest absolute Gasteiger partial charge is 0.320 e. The molecule has 0 bridgehead atoms. The number of carboxylic acid groups (broad SMARTS) is 1. The minimum Gasteiger partial charge on any atom is -0.481 e. The predicted molar refractivity (Wildman–Crippen MR) is 81.8 cm³/mol. The number of aromatic nitrogens is 1. The van der Waals surface area contributed by atoms with Crippen LogP contribution in [0, 0.1) is 5.92 Å². The molecule has 1 aromatic heterocycles. The number of fused-ring (bicyclic) bond motifs is 1. The zero-order valence-corrected chi connectivity index (χ0v) is 12.5. The van der Waals surface area contributed by atoms with Crippen LogP contribution in [-0.4, -0.2) is 28.1 Å². The first-order valence-corrected chi connectivity index (χ1v) is 7.90. The molecule has 0 radical (unpaired) electrons. The van der Waals surface area contributed by atoms with Crippen molar-refractivity contribution in [2.75, 3.05) is 5.32 Å². The second-order valence-electron chi connectivity index (χ2n) is 6.18. The largest absolute Gasteiger partial charge is 0.481 e. The van der Waals surface area contributed by atoms with Crippen LogP contribution in [0.25, 0.3) is 0 Å². The van der Waals surface area contributed by atoms with Gasteiger partial charge in [0.15, 0.2) is 0 Å². The van der Waals surface area contributed by atoms with E-state index in [-0.39, 0.29) is 18.0 Å². The first-order valence-electron chi connectivity index (χ1n) is 7.90. The van der Waals surface area contributed by atoms with Crippen molar-refractivity contribution < 1.29 is 14.7 Å². The normalized spacial score (nSPS) is 23.6. The summed E-state index contributed by atoms with van der Waals surface area (Å²) in [5, 5.41) is 14.7. The number of carbonyl (C=O) groups is 2. The van der Waals surface area contributed by atoms with Crippen LogP contribution in [0.4, 0.5) is 10.6 Å². The van der Waals surface area contributed by atoms with Crippen LogP contribution >= 0.6 is 0 Å². The SMILES string of the molecule is O=C(Nc1cc2c(cn1)CCC2)NC1CCC(C(=O)O)CC1. The summed E-state index contributed by atoms with van der Waals surface area (Å²) < 4.78 is 0. The average molecular weight is 303 g/mol. The van der Waals surface area contributed by atoms with E-state index >= 15 is 0 Å². The van der Waals surface area contributed by atoms with Gasteiger partial charge >= 0.3 is 12.0 Å². The highest BCUT2D eigenvalue weighted by molar-refractivity contribution is 5.88. The number of carbonyl (C=O) groups excluding carboxylic acids is 1. The molecule has 6 nitrogen and oxygen atoms in total. The summed E-state index contributed by atoms with van der Waals surface area (Å²) >= 11 is 0. The Kier molecular flexibility index (Phi) is 4.27. The summed E-state index contributed by atoms with van der Waals surface area (Å²) in [7, 11) is 0. The molecule has 0 spiro atoms. The van der Waals surface area contributed by atoms with Crippen molar-refractivity contribution in [3.05, 3.63) is 23.4 Å². The predicted octanol–water partition coefficient (Wildman–Crippen LogP) is 2.34. The zero-order valence-electron chi connectivity index (χ0n) is 12.5. The van der Waals surface area contributed by atoms with Gasteiger partial charge < -0.3 is 10.4 Å². The Morgan fingerprint density at radius 1 is 1.14 bits per heavy atom. The third-order valence-electron chi connectivity index (χ3n) is 4.63. The molecule has 0 aromatic carbocycles. The average Bonchev–Trinajstić information content (AvgIpc) is 2.95. The fraction of sp³-hybridized carbons (Fsp3) is 0.562. The number of rotatable bonds is 3. The Morgan fingerprint density at radius 2 is 1.86 bits per heavy atom. The van der Waals surface area contributed by atoms with Crippen LogP contribution in [0.3, 0.4) is 0 Å². The third-order valence-corrected chi connectivity index (χ3v) is 4.63. The molecule has 0 aliphatic heterocycles. The maximum Gasteiger partial charge on any atom is 0.320 e. The van der Waals surface area contributed by atoms with E-state index in [1.165, 1.54) is 11.1 Å². The van der Waals surface area contributed by atoms with Gasteiger partial charge in [0.2, 0.25) is 0 Å². The molecular formula is C16H21N3O3. The number of hydrogen-bond acceptors (Lipinski definition) is 3. The topological polar surface area (TPSA) is 91.3 Å². The highest BCUT2D eigenvalue weighted by atomic mass is 16.4. The van der Waals surface area contributed by atoms with E-state index in [9.17, 15) is 9.59 Å². The van der Waals surface area contributed by atoms with Gasteiger partial charge in [0.1, 0.15) is 5.82 Å². The number of nitrogens with zero attached hydrogens (tertiary/aromatic N) is 1. The number of amides is 2. The van der Waals surface area contributed by atoms with E-state index in [1.54, 1.807) is 0 Å². The van der Waals surface area contributed by atoms with Crippen molar-refractivity contribution in [1.29, 1.82) is 0 Å². The summed E-state index contributed by atoms with van der Waals surface area (Å²) in [6.45, 7) is 0. The Balaban J connectivity index is 1.50. The van der Waals surface area contributed by atoms with Gasteiger partial charge in [-0.05, 0) is 62.1 Å². The minimum absolute atomic E-state index is 0.0463. The molecule has 0 saturated heterocycles. The molecule has 22 heavy (non-hydrogen) atoms. The summed E-state index contributed by atoms with van der Waals surface area (Å²) in [5.74, 6) is -0.415. The molecule has 2 aliphatic carbocycles. The molecule has 1 aromatic rings. The van der Waals surface area contributed by atoms with E-state index in [0.29, 0.717) is 31.5 Å². The summed E-state index contributed by atoms with van der Waals surface area (Å²) in [6.07, 6.45) is 7.78. The van der Waals surface area contributed by atoms with Crippen molar-refractivity contribution in [3.63, 3.8) is 0 Å². The van der Waals surface area contributed by atoms with E-state index < -0.39 is 5.97 Å². The second kappa shape index (κ2) is 6.34. The summed E-state index contributed by atoms with van der Waals surface area (Å²) in [5.41, 5.74) is 2.55. The monoisotopic (exact) mass is 303 g/mol. The first-order chi connectivity index (χ1) is 10.6. The number of anilines is 1. The molecule has 6 heteroatoms. The highest BCUT2D eigenvalue weighted by Gasteiger charge is 2.26. The zero-order chi connectivity index (χ0) is 15.5. The maximum absolute atomic E-state index is 12.0. The molecule has 2 aliphatic rings. The number of hydrogen-bond donors (Lipinski definition) is 3. The van der Waals surface area contributed by atoms with Gasteiger partial charge in [-0.15, -0.1) is 0 Å². The molecule has 1 fully saturated rings.